The number of rotatable bonds is 5. The largest absolute Gasteiger partial charge is 0.355 e. The van der Waals surface area contributed by atoms with E-state index >= 15 is 0 Å². The smallest absolute Gasteiger partial charge is 0.202 e. The molecule has 3 rings (SSSR count). The molecular weight excluding hydrogens is 287 g/mol. The SMILES string of the molecule is Fc1ccc(Cc2nsc(NCc3ccccn3)n2)cc1. The molecule has 0 radical (unpaired) electrons. The fourth-order valence-corrected chi connectivity index (χ4v) is 2.43. The maximum atomic E-state index is 12.8. The molecule has 106 valence electrons. The van der Waals surface area contributed by atoms with E-state index in [-0.39, 0.29) is 5.82 Å². The van der Waals surface area contributed by atoms with Crippen LogP contribution >= 0.6 is 11.5 Å². The summed E-state index contributed by atoms with van der Waals surface area (Å²) in [5, 5.41) is 3.96. The van der Waals surface area contributed by atoms with Crippen LogP contribution in [0.25, 0.3) is 0 Å². The molecule has 0 spiro atoms. The minimum atomic E-state index is -0.234. The third-order valence-electron chi connectivity index (χ3n) is 2.89. The summed E-state index contributed by atoms with van der Waals surface area (Å²) in [5.41, 5.74) is 1.94. The zero-order chi connectivity index (χ0) is 14.5. The first-order chi connectivity index (χ1) is 10.3. The molecule has 0 fully saturated rings. The van der Waals surface area contributed by atoms with Crippen LogP contribution in [0.15, 0.2) is 48.7 Å². The van der Waals surface area contributed by atoms with Crippen molar-refractivity contribution >= 4 is 16.7 Å². The van der Waals surface area contributed by atoms with Gasteiger partial charge in [-0.1, -0.05) is 18.2 Å². The topological polar surface area (TPSA) is 50.7 Å². The first-order valence-electron chi connectivity index (χ1n) is 6.50. The Kier molecular flexibility index (Phi) is 4.16. The molecule has 0 saturated heterocycles. The van der Waals surface area contributed by atoms with Gasteiger partial charge in [0.15, 0.2) is 0 Å². The Hall–Kier alpha value is -2.34. The van der Waals surface area contributed by atoms with Crippen LogP contribution < -0.4 is 5.32 Å². The molecule has 1 aromatic carbocycles. The van der Waals surface area contributed by atoms with Gasteiger partial charge in [-0.05, 0) is 29.8 Å². The molecule has 21 heavy (non-hydrogen) atoms. The lowest BCUT2D eigenvalue weighted by atomic mass is 10.1. The number of pyridine rings is 1. The van der Waals surface area contributed by atoms with Crippen molar-refractivity contribution < 1.29 is 4.39 Å². The van der Waals surface area contributed by atoms with Gasteiger partial charge in [-0.25, -0.2) is 9.37 Å². The van der Waals surface area contributed by atoms with E-state index in [1.165, 1.54) is 23.7 Å². The van der Waals surface area contributed by atoms with Gasteiger partial charge in [0.2, 0.25) is 5.13 Å². The van der Waals surface area contributed by atoms with Gasteiger partial charge in [-0.3, -0.25) is 4.98 Å². The molecule has 0 unspecified atom stereocenters. The van der Waals surface area contributed by atoms with Crippen LogP contribution in [-0.4, -0.2) is 14.3 Å². The summed E-state index contributed by atoms with van der Waals surface area (Å²) < 4.78 is 17.1. The van der Waals surface area contributed by atoms with E-state index in [1.54, 1.807) is 18.3 Å². The summed E-state index contributed by atoms with van der Waals surface area (Å²) in [7, 11) is 0. The highest BCUT2D eigenvalue weighted by atomic mass is 32.1. The summed E-state index contributed by atoms with van der Waals surface area (Å²) in [5.74, 6) is 0.498. The van der Waals surface area contributed by atoms with E-state index < -0.39 is 0 Å². The number of anilines is 1. The second-order valence-corrected chi connectivity index (χ2v) is 5.25. The molecule has 0 saturated carbocycles. The van der Waals surface area contributed by atoms with Crippen LogP contribution in [-0.2, 0) is 13.0 Å². The second kappa shape index (κ2) is 6.41. The van der Waals surface area contributed by atoms with Gasteiger partial charge in [-0.15, -0.1) is 0 Å². The van der Waals surface area contributed by atoms with Gasteiger partial charge >= 0.3 is 0 Å². The molecule has 6 heteroatoms. The van der Waals surface area contributed by atoms with Crippen molar-refractivity contribution in [1.29, 1.82) is 0 Å². The van der Waals surface area contributed by atoms with E-state index in [0.717, 1.165) is 22.2 Å². The van der Waals surface area contributed by atoms with Crippen LogP contribution in [0.4, 0.5) is 9.52 Å². The molecule has 2 heterocycles. The number of aromatic nitrogens is 3. The summed E-state index contributed by atoms with van der Waals surface area (Å²) in [6.45, 7) is 0.617. The maximum Gasteiger partial charge on any atom is 0.202 e. The van der Waals surface area contributed by atoms with Gasteiger partial charge in [0.1, 0.15) is 11.6 Å². The van der Waals surface area contributed by atoms with Crippen molar-refractivity contribution in [1.82, 2.24) is 14.3 Å². The zero-order valence-electron chi connectivity index (χ0n) is 11.2. The standard InChI is InChI=1S/C15H13FN4S/c16-12-6-4-11(5-7-12)9-14-19-15(21-20-14)18-10-13-3-1-2-8-17-13/h1-8H,9-10H2,(H,18,19,20). The highest BCUT2D eigenvalue weighted by Gasteiger charge is 2.05. The van der Waals surface area contributed by atoms with E-state index in [2.05, 4.69) is 19.7 Å². The van der Waals surface area contributed by atoms with Crippen LogP contribution in [0, 0.1) is 5.82 Å². The van der Waals surface area contributed by atoms with Gasteiger partial charge in [-0.2, -0.15) is 4.37 Å². The molecular formula is C15H13FN4S. The van der Waals surface area contributed by atoms with E-state index in [0.29, 0.717) is 13.0 Å². The van der Waals surface area contributed by atoms with E-state index in [4.69, 9.17) is 0 Å². The van der Waals surface area contributed by atoms with Crippen molar-refractivity contribution in [3.8, 4) is 0 Å². The third kappa shape index (κ3) is 3.82. The van der Waals surface area contributed by atoms with Crippen molar-refractivity contribution in [2.75, 3.05) is 5.32 Å². The average Bonchev–Trinajstić information content (AvgIpc) is 2.96. The summed E-state index contributed by atoms with van der Waals surface area (Å²) in [4.78, 5) is 8.65. The lowest BCUT2D eigenvalue weighted by molar-refractivity contribution is 0.627. The maximum absolute atomic E-state index is 12.8. The third-order valence-corrected chi connectivity index (χ3v) is 3.60. The predicted octanol–water partition coefficient (Wildman–Crippen LogP) is 3.28. The Balaban J connectivity index is 1.59. The fourth-order valence-electron chi connectivity index (χ4n) is 1.85. The van der Waals surface area contributed by atoms with Crippen LogP contribution in [0.2, 0.25) is 0 Å². The molecule has 0 aliphatic heterocycles. The van der Waals surface area contributed by atoms with Gasteiger partial charge in [0.25, 0.3) is 0 Å². The van der Waals surface area contributed by atoms with Crippen LogP contribution in [0.3, 0.4) is 0 Å². The lowest BCUT2D eigenvalue weighted by Gasteiger charge is -2.00. The van der Waals surface area contributed by atoms with Crippen molar-refractivity contribution in [3.63, 3.8) is 0 Å². The normalized spacial score (nSPS) is 10.5. The minimum absolute atomic E-state index is 0.234. The van der Waals surface area contributed by atoms with Gasteiger partial charge in [0.05, 0.1) is 12.2 Å². The van der Waals surface area contributed by atoms with Crippen molar-refractivity contribution in [2.24, 2.45) is 0 Å². The van der Waals surface area contributed by atoms with Crippen molar-refractivity contribution in [2.45, 2.75) is 13.0 Å². The highest BCUT2D eigenvalue weighted by Crippen LogP contribution is 2.15. The molecule has 0 aliphatic carbocycles. The number of benzene rings is 1. The molecule has 0 aliphatic rings. The molecule has 0 amide bonds. The lowest BCUT2D eigenvalue weighted by Crippen LogP contribution is -2.01. The molecule has 0 bridgehead atoms. The number of nitrogens with one attached hydrogen (secondary N) is 1. The number of halogens is 1. The Morgan fingerprint density at radius 1 is 1.10 bits per heavy atom. The van der Waals surface area contributed by atoms with Gasteiger partial charge in [0, 0.05) is 24.2 Å². The quantitative estimate of drug-likeness (QED) is 0.785. The predicted molar refractivity (Wildman–Crippen MR) is 80.7 cm³/mol. The fraction of sp³-hybridized carbons (Fsp3) is 0.133. The monoisotopic (exact) mass is 300 g/mol. The summed E-state index contributed by atoms with van der Waals surface area (Å²) in [6.07, 6.45) is 2.36. The Bertz CT molecular complexity index is 697. The second-order valence-electron chi connectivity index (χ2n) is 4.49. The minimum Gasteiger partial charge on any atom is -0.355 e. The van der Waals surface area contributed by atoms with Crippen molar-refractivity contribution in [3.05, 3.63) is 71.6 Å². The first-order valence-corrected chi connectivity index (χ1v) is 7.28. The number of nitrogens with zero attached hydrogens (tertiary/aromatic N) is 3. The molecule has 4 nitrogen and oxygen atoms in total. The first kappa shape index (κ1) is 13.6. The summed E-state index contributed by atoms with van der Waals surface area (Å²) >= 11 is 1.32. The molecule has 2 aromatic heterocycles. The van der Waals surface area contributed by atoms with Crippen LogP contribution in [0.1, 0.15) is 17.1 Å². The molecule has 0 atom stereocenters. The zero-order valence-corrected chi connectivity index (χ0v) is 12.0. The summed E-state index contributed by atoms with van der Waals surface area (Å²) in [6, 6.07) is 12.2. The Morgan fingerprint density at radius 2 is 1.95 bits per heavy atom. The number of hydrogen-bond acceptors (Lipinski definition) is 5. The highest BCUT2D eigenvalue weighted by molar-refractivity contribution is 7.09. The Labute approximate surface area is 125 Å². The Morgan fingerprint density at radius 3 is 2.71 bits per heavy atom. The molecule has 1 N–H and O–H groups in total. The van der Waals surface area contributed by atoms with E-state index in [1.807, 2.05) is 18.2 Å². The van der Waals surface area contributed by atoms with Gasteiger partial charge < -0.3 is 5.32 Å². The average molecular weight is 300 g/mol. The van der Waals surface area contributed by atoms with E-state index in [9.17, 15) is 4.39 Å². The molecule has 3 aromatic rings. The van der Waals surface area contributed by atoms with Crippen LogP contribution in [0.5, 0.6) is 0 Å². The number of hydrogen-bond donors (Lipinski definition) is 1.